The Kier molecular flexibility index (Phi) is 4.39. The third kappa shape index (κ3) is 3.65. The zero-order chi connectivity index (χ0) is 15.4. The molecule has 114 valence electrons. The molecular formula is C12H10N4O4S2. The molecule has 0 bridgehead atoms. The monoisotopic (exact) mass is 338 g/mol. The highest BCUT2D eigenvalue weighted by Crippen LogP contribution is 2.34. The van der Waals surface area contributed by atoms with Gasteiger partial charge in [0.1, 0.15) is 5.51 Å². The number of nitrogens with zero attached hydrogens (tertiary/aromatic N) is 2. The van der Waals surface area contributed by atoms with Crippen LogP contribution in [-0.2, 0) is 4.79 Å². The van der Waals surface area contributed by atoms with Crippen molar-refractivity contribution in [2.24, 2.45) is 0 Å². The topological polar surface area (TPSA) is 102 Å². The van der Waals surface area contributed by atoms with E-state index in [0.29, 0.717) is 21.5 Å². The number of thioether (sulfide) groups is 1. The number of hydrogen-bond acceptors (Lipinski definition) is 8. The van der Waals surface area contributed by atoms with Crippen LogP contribution in [0.1, 0.15) is 0 Å². The second-order valence-electron chi connectivity index (χ2n) is 4.06. The van der Waals surface area contributed by atoms with Crippen molar-refractivity contribution in [1.29, 1.82) is 0 Å². The van der Waals surface area contributed by atoms with E-state index in [-0.39, 0.29) is 12.5 Å². The van der Waals surface area contributed by atoms with Crippen LogP contribution < -0.4 is 20.1 Å². The van der Waals surface area contributed by atoms with Gasteiger partial charge in [-0.3, -0.25) is 10.1 Å². The largest absolute Gasteiger partial charge is 0.454 e. The van der Waals surface area contributed by atoms with E-state index in [0.717, 1.165) is 0 Å². The number of nitrogens with one attached hydrogen (secondary N) is 2. The maximum absolute atomic E-state index is 11.7. The molecule has 1 aliphatic heterocycles. The third-order valence-electron chi connectivity index (χ3n) is 2.55. The molecule has 2 heterocycles. The van der Waals surface area contributed by atoms with E-state index in [9.17, 15) is 9.59 Å². The summed E-state index contributed by atoms with van der Waals surface area (Å²) in [6.45, 7) is 0.159. The SMILES string of the molecule is O=C(CSc1nncs1)NC(=O)Nc1ccc2c(c1)OCO2. The van der Waals surface area contributed by atoms with E-state index in [1.54, 1.807) is 23.7 Å². The minimum absolute atomic E-state index is 0.0871. The maximum atomic E-state index is 11.7. The van der Waals surface area contributed by atoms with Crippen molar-refractivity contribution in [2.45, 2.75) is 4.34 Å². The summed E-state index contributed by atoms with van der Waals surface area (Å²) in [6, 6.07) is 4.36. The van der Waals surface area contributed by atoms with E-state index >= 15 is 0 Å². The first-order chi connectivity index (χ1) is 10.7. The van der Waals surface area contributed by atoms with Crippen LogP contribution in [0.15, 0.2) is 28.0 Å². The number of carbonyl (C=O) groups is 2. The van der Waals surface area contributed by atoms with Crippen molar-refractivity contribution in [3.8, 4) is 11.5 Å². The lowest BCUT2D eigenvalue weighted by Crippen LogP contribution is -2.35. The van der Waals surface area contributed by atoms with Crippen LogP contribution in [0.25, 0.3) is 0 Å². The fourth-order valence-corrected chi connectivity index (χ4v) is 2.94. The summed E-state index contributed by atoms with van der Waals surface area (Å²) < 4.78 is 11.1. The predicted molar refractivity (Wildman–Crippen MR) is 80.4 cm³/mol. The lowest BCUT2D eigenvalue weighted by molar-refractivity contribution is -0.117. The lowest BCUT2D eigenvalue weighted by atomic mass is 10.3. The first-order valence-corrected chi connectivity index (χ1v) is 7.97. The Labute approximate surface area is 133 Å². The van der Waals surface area contributed by atoms with Crippen LogP contribution in [0.4, 0.5) is 10.5 Å². The second-order valence-corrected chi connectivity index (χ2v) is 6.12. The number of amides is 3. The average Bonchev–Trinajstić information content (AvgIpc) is 3.15. The van der Waals surface area contributed by atoms with Gasteiger partial charge in [-0.25, -0.2) is 4.79 Å². The van der Waals surface area contributed by atoms with Crippen molar-refractivity contribution in [3.05, 3.63) is 23.7 Å². The fraction of sp³-hybridized carbons (Fsp3) is 0.167. The Bertz CT molecular complexity index is 692. The Morgan fingerprint density at radius 3 is 3.00 bits per heavy atom. The molecule has 0 radical (unpaired) electrons. The molecule has 0 unspecified atom stereocenters. The van der Waals surface area contributed by atoms with Gasteiger partial charge in [0.2, 0.25) is 12.7 Å². The highest BCUT2D eigenvalue weighted by atomic mass is 32.2. The van der Waals surface area contributed by atoms with Crippen LogP contribution in [-0.4, -0.2) is 34.7 Å². The Morgan fingerprint density at radius 2 is 2.18 bits per heavy atom. The average molecular weight is 338 g/mol. The first-order valence-electron chi connectivity index (χ1n) is 6.10. The summed E-state index contributed by atoms with van der Waals surface area (Å²) in [5.41, 5.74) is 2.08. The van der Waals surface area contributed by atoms with Gasteiger partial charge in [0.15, 0.2) is 15.8 Å². The smallest absolute Gasteiger partial charge is 0.325 e. The summed E-state index contributed by atoms with van der Waals surface area (Å²) in [7, 11) is 0. The molecule has 0 spiro atoms. The van der Waals surface area contributed by atoms with E-state index in [2.05, 4.69) is 20.8 Å². The number of imide groups is 1. The van der Waals surface area contributed by atoms with Crippen molar-refractivity contribution in [1.82, 2.24) is 15.5 Å². The van der Waals surface area contributed by atoms with E-state index in [4.69, 9.17) is 9.47 Å². The molecule has 1 aromatic heterocycles. The number of aromatic nitrogens is 2. The molecule has 2 N–H and O–H groups in total. The van der Waals surface area contributed by atoms with E-state index in [1.807, 2.05) is 0 Å². The molecule has 0 saturated heterocycles. The molecule has 1 aromatic carbocycles. The zero-order valence-corrected chi connectivity index (χ0v) is 12.7. The van der Waals surface area contributed by atoms with Gasteiger partial charge < -0.3 is 14.8 Å². The lowest BCUT2D eigenvalue weighted by Gasteiger charge is -2.07. The summed E-state index contributed by atoms with van der Waals surface area (Å²) >= 11 is 2.55. The highest BCUT2D eigenvalue weighted by Gasteiger charge is 2.15. The standard InChI is InChI=1S/C12H10N4O4S2/c17-10(4-21-12-16-13-5-22-12)15-11(18)14-7-1-2-8-9(3-7)20-6-19-8/h1-3,5H,4,6H2,(H2,14,15,17,18). The Morgan fingerprint density at radius 1 is 1.32 bits per heavy atom. The molecule has 22 heavy (non-hydrogen) atoms. The number of carbonyl (C=O) groups excluding carboxylic acids is 2. The summed E-state index contributed by atoms with van der Waals surface area (Å²) in [5, 5.41) is 12.2. The van der Waals surface area contributed by atoms with Gasteiger partial charge in [0.05, 0.1) is 5.75 Å². The molecule has 3 amide bonds. The van der Waals surface area contributed by atoms with Gasteiger partial charge in [-0.1, -0.05) is 23.1 Å². The molecule has 0 saturated carbocycles. The second kappa shape index (κ2) is 6.62. The zero-order valence-electron chi connectivity index (χ0n) is 11.1. The summed E-state index contributed by atoms with van der Waals surface area (Å²) in [5.74, 6) is 0.842. The Balaban J connectivity index is 1.48. The van der Waals surface area contributed by atoms with Gasteiger partial charge in [-0.05, 0) is 12.1 Å². The minimum Gasteiger partial charge on any atom is -0.454 e. The van der Waals surface area contributed by atoms with Gasteiger partial charge in [-0.15, -0.1) is 10.2 Å². The van der Waals surface area contributed by atoms with Crippen molar-refractivity contribution in [2.75, 3.05) is 17.9 Å². The van der Waals surface area contributed by atoms with Gasteiger partial charge in [0.25, 0.3) is 0 Å². The molecule has 0 atom stereocenters. The van der Waals surface area contributed by atoms with E-state index < -0.39 is 11.9 Å². The van der Waals surface area contributed by atoms with Crippen LogP contribution >= 0.6 is 23.1 Å². The number of fused-ring (bicyclic) bond motifs is 1. The normalized spacial score (nSPS) is 12.0. The van der Waals surface area contributed by atoms with Gasteiger partial charge in [-0.2, -0.15) is 0 Å². The van der Waals surface area contributed by atoms with Crippen molar-refractivity contribution >= 4 is 40.7 Å². The minimum atomic E-state index is -0.610. The molecule has 8 nitrogen and oxygen atoms in total. The Hall–Kier alpha value is -2.33. The van der Waals surface area contributed by atoms with Gasteiger partial charge >= 0.3 is 6.03 Å². The summed E-state index contributed by atoms with van der Waals surface area (Å²) in [4.78, 5) is 23.4. The van der Waals surface area contributed by atoms with Crippen LogP contribution in [0.2, 0.25) is 0 Å². The molecule has 2 aromatic rings. The van der Waals surface area contributed by atoms with E-state index in [1.165, 1.54) is 23.1 Å². The first kappa shape index (κ1) is 14.6. The number of anilines is 1. The van der Waals surface area contributed by atoms with Crippen LogP contribution in [0, 0.1) is 0 Å². The fourth-order valence-electron chi connectivity index (χ4n) is 1.65. The third-order valence-corrected chi connectivity index (χ3v) is 4.41. The van der Waals surface area contributed by atoms with Crippen LogP contribution in [0.3, 0.4) is 0 Å². The number of hydrogen-bond donors (Lipinski definition) is 2. The molecular weight excluding hydrogens is 328 g/mol. The number of benzene rings is 1. The number of urea groups is 1. The number of ether oxygens (including phenoxy) is 2. The summed E-state index contributed by atoms with van der Waals surface area (Å²) in [6.07, 6.45) is 0. The molecule has 3 rings (SSSR count). The van der Waals surface area contributed by atoms with Crippen LogP contribution in [0.5, 0.6) is 11.5 Å². The highest BCUT2D eigenvalue weighted by molar-refractivity contribution is 8.01. The maximum Gasteiger partial charge on any atom is 0.325 e. The number of rotatable bonds is 4. The predicted octanol–water partition coefficient (Wildman–Crippen LogP) is 1.71. The molecule has 0 fully saturated rings. The molecule has 0 aliphatic carbocycles. The van der Waals surface area contributed by atoms with Crippen molar-refractivity contribution < 1.29 is 19.1 Å². The van der Waals surface area contributed by atoms with Crippen molar-refractivity contribution in [3.63, 3.8) is 0 Å². The molecule has 10 heteroatoms. The van der Waals surface area contributed by atoms with Gasteiger partial charge in [0, 0.05) is 11.8 Å². The molecule has 1 aliphatic rings. The quantitative estimate of drug-likeness (QED) is 0.818.